The van der Waals surface area contributed by atoms with Crippen molar-refractivity contribution < 1.29 is 33.4 Å². The zero-order valence-corrected chi connectivity index (χ0v) is 20.1. The molecule has 2 unspecified atom stereocenters. The number of amides is 4. The summed E-state index contributed by atoms with van der Waals surface area (Å²) in [5.41, 5.74) is -0.950. The molecule has 0 aromatic heterocycles. The largest absolute Gasteiger partial charge is 0.379 e. The summed E-state index contributed by atoms with van der Waals surface area (Å²) in [4.78, 5) is 65.7. The van der Waals surface area contributed by atoms with E-state index in [-0.39, 0.29) is 49.6 Å². The second-order valence-electron chi connectivity index (χ2n) is 9.38. The standard InChI is InChI=1S/C22H35N5O7/c1-14(24-18(29)12-27-6-8-33-9-7-27)20(31)23-11-17(28)25-16(19(30)22(2)13-34-22)10-15-4-5-26(3)21(15)32/h14-16H,4-13H2,1-3H3,(H,23,31)(H,24,29)(H,25,28)/t14-,15?,16?,22+/m0/s1. The number of epoxide rings is 1. The molecule has 0 spiro atoms. The number of ketones is 1. The molecule has 34 heavy (non-hydrogen) atoms. The van der Waals surface area contributed by atoms with Crippen LogP contribution in [0.25, 0.3) is 0 Å². The molecule has 0 bridgehead atoms. The van der Waals surface area contributed by atoms with Gasteiger partial charge in [-0.25, -0.2) is 0 Å². The number of nitrogens with one attached hydrogen (secondary N) is 3. The lowest BCUT2D eigenvalue weighted by atomic mass is 9.91. The average molecular weight is 482 g/mol. The van der Waals surface area contributed by atoms with E-state index in [1.165, 1.54) is 6.92 Å². The van der Waals surface area contributed by atoms with E-state index in [4.69, 9.17) is 9.47 Å². The van der Waals surface area contributed by atoms with Gasteiger partial charge in [0.1, 0.15) is 11.6 Å². The van der Waals surface area contributed by atoms with Crippen LogP contribution in [0.15, 0.2) is 0 Å². The Kier molecular flexibility index (Phi) is 8.61. The molecule has 3 heterocycles. The molecule has 3 rings (SSSR count). The van der Waals surface area contributed by atoms with Crippen LogP contribution in [-0.4, -0.2) is 116 Å². The predicted molar refractivity (Wildman–Crippen MR) is 120 cm³/mol. The Bertz CT molecular complexity index is 809. The first-order valence-electron chi connectivity index (χ1n) is 11.7. The number of hydrogen-bond acceptors (Lipinski definition) is 8. The Morgan fingerprint density at radius 3 is 2.38 bits per heavy atom. The van der Waals surface area contributed by atoms with Crippen molar-refractivity contribution in [3.8, 4) is 0 Å². The number of carbonyl (C=O) groups is 5. The van der Waals surface area contributed by atoms with Crippen LogP contribution in [0.5, 0.6) is 0 Å². The van der Waals surface area contributed by atoms with Gasteiger partial charge in [-0.2, -0.15) is 0 Å². The van der Waals surface area contributed by atoms with Crippen LogP contribution in [0.3, 0.4) is 0 Å². The van der Waals surface area contributed by atoms with Crippen molar-refractivity contribution in [3.63, 3.8) is 0 Å². The van der Waals surface area contributed by atoms with E-state index in [2.05, 4.69) is 16.0 Å². The number of carbonyl (C=O) groups excluding carboxylic acids is 5. The highest BCUT2D eigenvalue weighted by molar-refractivity contribution is 5.98. The van der Waals surface area contributed by atoms with Crippen molar-refractivity contribution >= 4 is 29.4 Å². The fourth-order valence-corrected chi connectivity index (χ4v) is 4.13. The van der Waals surface area contributed by atoms with Gasteiger partial charge in [0.05, 0.1) is 39.0 Å². The molecule has 0 aromatic carbocycles. The smallest absolute Gasteiger partial charge is 0.242 e. The maximum absolute atomic E-state index is 12.9. The lowest BCUT2D eigenvalue weighted by Crippen LogP contribution is -2.53. The zero-order chi connectivity index (χ0) is 24.9. The molecule has 3 aliphatic heterocycles. The SMILES string of the molecule is C[C@H](NC(=O)CN1CCOCC1)C(=O)NCC(=O)NC(CC1CCN(C)C1=O)C(=O)[C@@]1(C)CO1. The number of nitrogens with zero attached hydrogens (tertiary/aromatic N) is 2. The van der Waals surface area contributed by atoms with Crippen LogP contribution in [0.4, 0.5) is 0 Å². The van der Waals surface area contributed by atoms with Gasteiger partial charge in [0.25, 0.3) is 0 Å². The van der Waals surface area contributed by atoms with Gasteiger partial charge in [0, 0.05) is 32.6 Å². The highest BCUT2D eigenvalue weighted by atomic mass is 16.6. The molecule has 190 valence electrons. The van der Waals surface area contributed by atoms with E-state index in [1.807, 2.05) is 4.90 Å². The van der Waals surface area contributed by atoms with E-state index in [1.54, 1.807) is 18.9 Å². The zero-order valence-electron chi connectivity index (χ0n) is 20.1. The van der Waals surface area contributed by atoms with Crippen LogP contribution < -0.4 is 16.0 Å². The molecular formula is C22H35N5O7. The summed E-state index contributed by atoms with van der Waals surface area (Å²) in [6, 6.07) is -1.72. The number of rotatable bonds is 11. The summed E-state index contributed by atoms with van der Waals surface area (Å²) < 4.78 is 10.5. The number of likely N-dealkylation sites (tertiary alicyclic amines) is 1. The third kappa shape index (κ3) is 6.97. The molecule has 3 aliphatic rings. The highest BCUT2D eigenvalue weighted by Gasteiger charge is 2.51. The van der Waals surface area contributed by atoms with E-state index in [0.29, 0.717) is 39.3 Å². The molecule has 3 fully saturated rings. The maximum Gasteiger partial charge on any atom is 0.242 e. The van der Waals surface area contributed by atoms with Crippen molar-refractivity contribution in [1.29, 1.82) is 0 Å². The van der Waals surface area contributed by atoms with Gasteiger partial charge in [-0.05, 0) is 26.7 Å². The molecule has 0 radical (unpaired) electrons. The van der Waals surface area contributed by atoms with Crippen LogP contribution in [-0.2, 0) is 33.4 Å². The van der Waals surface area contributed by atoms with Crippen molar-refractivity contribution in [2.45, 2.75) is 44.4 Å². The van der Waals surface area contributed by atoms with Crippen molar-refractivity contribution in [2.75, 3.05) is 59.6 Å². The van der Waals surface area contributed by atoms with E-state index >= 15 is 0 Å². The monoisotopic (exact) mass is 481 g/mol. The van der Waals surface area contributed by atoms with Gasteiger partial charge in [0.2, 0.25) is 23.6 Å². The summed E-state index contributed by atoms with van der Waals surface area (Å²) in [6.07, 6.45) is 0.805. The summed E-state index contributed by atoms with van der Waals surface area (Å²) in [7, 11) is 1.71. The second-order valence-corrected chi connectivity index (χ2v) is 9.38. The quantitative estimate of drug-likeness (QED) is 0.278. The third-order valence-corrected chi connectivity index (χ3v) is 6.47. The average Bonchev–Trinajstić information content (AvgIpc) is 3.49. The molecule has 4 atom stereocenters. The predicted octanol–water partition coefficient (Wildman–Crippen LogP) is -2.35. The topological polar surface area (TPSA) is 150 Å². The molecule has 0 aliphatic carbocycles. The molecular weight excluding hydrogens is 446 g/mol. The van der Waals surface area contributed by atoms with Gasteiger partial charge in [-0.3, -0.25) is 28.9 Å². The van der Waals surface area contributed by atoms with Crippen LogP contribution in [0.2, 0.25) is 0 Å². The Balaban J connectivity index is 1.45. The molecule has 12 heteroatoms. The fraction of sp³-hybridized carbons (Fsp3) is 0.773. The van der Waals surface area contributed by atoms with Crippen LogP contribution in [0, 0.1) is 5.92 Å². The van der Waals surface area contributed by atoms with Crippen molar-refractivity contribution in [3.05, 3.63) is 0 Å². The summed E-state index contributed by atoms with van der Waals surface area (Å²) in [6.45, 7) is 6.32. The third-order valence-electron chi connectivity index (χ3n) is 6.47. The van der Waals surface area contributed by atoms with Gasteiger partial charge >= 0.3 is 0 Å². The number of Topliss-reactive ketones (excluding diaryl/α,β-unsaturated/α-hetero) is 1. The fourth-order valence-electron chi connectivity index (χ4n) is 4.13. The molecule has 3 saturated heterocycles. The lowest BCUT2D eigenvalue weighted by molar-refractivity contribution is -0.134. The Labute approximate surface area is 199 Å². The van der Waals surface area contributed by atoms with Crippen molar-refractivity contribution in [1.82, 2.24) is 25.8 Å². The van der Waals surface area contributed by atoms with Crippen molar-refractivity contribution in [2.24, 2.45) is 5.92 Å². The molecule has 12 nitrogen and oxygen atoms in total. The second kappa shape index (κ2) is 11.2. The molecule has 3 N–H and O–H groups in total. The van der Waals surface area contributed by atoms with Gasteiger partial charge < -0.3 is 30.3 Å². The Hall–Kier alpha value is -2.57. The first-order valence-corrected chi connectivity index (χ1v) is 11.7. The van der Waals surface area contributed by atoms with Gasteiger partial charge in [-0.1, -0.05) is 0 Å². The van der Waals surface area contributed by atoms with Crippen LogP contribution in [0.1, 0.15) is 26.7 Å². The minimum absolute atomic E-state index is 0.0520. The Morgan fingerprint density at radius 2 is 1.79 bits per heavy atom. The summed E-state index contributed by atoms with van der Waals surface area (Å²) >= 11 is 0. The van der Waals surface area contributed by atoms with E-state index in [9.17, 15) is 24.0 Å². The number of morpholine rings is 1. The lowest BCUT2D eigenvalue weighted by Gasteiger charge is -2.26. The normalized spacial score (nSPS) is 26.5. The Morgan fingerprint density at radius 1 is 1.12 bits per heavy atom. The van der Waals surface area contributed by atoms with E-state index < -0.39 is 29.5 Å². The first-order chi connectivity index (χ1) is 16.1. The van der Waals surface area contributed by atoms with Crippen LogP contribution >= 0.6 is 0 Å². The number of ether oxygens (including phenoxy) is 2. The molecule has 4 amide bonds. The number of hydrogen-bond donors (Lipinski definition) is 3. The molecule has 0 aromatic rings. The van der Waals surface area contributed by atoms with Gasteiger partial charge in [-0.15, -0.1) is 0 Å². The summed E-state index contributed by atoms with van der Waals surface area (Å²) in [5.74, 6) is -2.04. The summed E-state index contributed by atoms with van der Waals surface area (Å²) in [5, 5.41) is 7.75. The maximum atomic E-state index is 12.9. The minimum atomic E-state index is -0.950. The molecule has 0 saturated carbocycles. The first kappa shape index (κ1) is 26.0. The van der Waals surface area contributed by atoms with E-state index in [0.717, 1.165) is 0 Å². The minimum Gasteiger partial charge on any atom is -0.379 e. The van der Waals surface area contributed by atoms with Gasteiger partial charge in [0.15, 0.2) is 5.78 Å². The highest BCUT2D eigenvalue weighted by Crippen LogP contribution is 2.31.